The van der Waals surface area contributed by atoms with Gasteiger partial charge in [-0.1, -0.05) is 76.9 Å². The number of ether oxygens (including phenoxy) is 1. The van der Waals surface area contributed by atoms with Gasteiger partial charge in [0.2, 0.25) is 5.91 Å². The van der Waals surface area contributed by atoms with Crippen LogP contribution in [0.5, 0.6) is 0 Å². The minimum atomic E-state index is -4.71. The Bertz CT molecular complexity index is 746. The largest absolute Gasteiger partial charge is 0.480 e. The lowest BCUT2D eigenvalue weighted by Gasteiger charge is -2.18. The number of esters is 1. The Morgan fingerprint density at radius 2 is 1.33 bits per heavy atom. The van der Waals surface area contributed by atoms with Gasteiger partial charge in [-0.15, -0.1) is 0 Å². The molecule has 0 aromatic carbocycles. The van der Waals surface area contributed by atoms with E-state index in [4.69, 9.17) is 0 Å². The van der Waals surface area contributed by atoms with E-state index in [-0.39, 0.29) is 6.42 Å². The maximum Gasteiger partial charge on any atom is 0.472 e. The third-order valence-corrected chi connectivity index (χ3v) is 6.81. The van der Waals surface area contributed by atoms with Gasteiger partial charge in [-0.25, -0.2) is 9.36 Å². The van der Waals surface area contributed by atoms with Crippen LogP contribution < -0.4 is 5.32 Å². The second-order valence-corrected chi connectivity index (χ2v) is 11.1. The van der Waals surface area contributed by atoms with Crippen molar-refractivity contribution in [3.63, 3.8) is 0 Å². The van der Waals surface area contributed by atoms with Crippen molar-refractivity contribution in [3.8, 4) is 0 Å². The van der Waals surface area contributed by atoms with Gasteiger partial charge < -0.3 is 25.2 Å². The summed E-state index contributed by atoms with van der Waals surface area (Å²) in [6, 6.07) is -1.54. The first kappa shape index (κ1) is 37.2. The van der Waals surface area contributed by atoms with Crippen molar-refractivity contribution < 1.29 is 47.8 Å². The summed E-state index contributed by atoms with van der Waals surface area (Å²) < 4.78 is 25.6. The zero-order chi connectivity index (χ0) is 29.4. The highest BCUT2D eigenvalue weighted by Gasteiger charge is 2.28. The molecule has 0 saturated carbocycles. The molecule has 3 unspecified atom stereocenters. The number of hydrogen-bond donors (Lipinski definition) is 4. The summed E-state index contributed by atoms with van der Waals surface area (Å²) in [4.78, 5) is 43.8. The SMILES string of the molecule is CCCCCCCCC/C=C\CCCCCCCC(=O)NC(COP(=O)(O)OCC(O)COC(C)=O)C(=O)O. The van der Waals surface area contributed by atoms with E-state index < -0.39 is 57.6 Å². The summed E-state index contributed by atoms with van der Waals surface area (Å²) in [5.41, 5.74) is 0. The van der Waals surface area contributed by atoms with Gasteiger partial charge in [0, 0.05) is 13.3 Å². The fraction of sp³-hybridized carbons (Fsp3) is 0.815. The van der Waals surface area contributed by atoms with Gasteiger partial charge in [0.25, 0.3) is 0 Å². The number of amides is 1. The van der Waals surface area contributed by atoms with Crippen LogP contribution in [-0.2, 0) is 32.7 Å². The maximum absolute atomic E-state index is 12.1. The number of aliphatic hydroxyl groups is 1. The quantitative estimate of drug-likeness (QED) is 0.0471. The fourth-order valence-electron chi connectivity index (χ4n) is 3.62. The first-order valence-corrected chi connectivity index (χ1v) is 15.7. The van der Waals surface area contributed by atoms with Crippen LogP contribution in [0.2, 0.25) is 0 Å². The van der Waals surface area contributed by atoms with E-state index in [1.807, 2.05) is 0 Å². The molecule has 0 aliphatic rings. The Balaban J connectivity index is 3.92. The Morgan fingerprint density at radius 3 is 1.87 bits per heavy atom. The van der Waals surface area contributed by atoms with E-state index in [2.05, 4.69) is 38.2 Å². The Kier molecular flexibility index (Phi) is 23.0. The Labute approximate surface area is 233 Å². The number of aliphatic hydroxyl groups excluding tert-OH is 1. The summed E-state index contributed by atoms with van der Waals surface area (Å²) in [5, 5.41) is 21.1. The van der Waals surface area contributed by atoms with Gasteiger partial charge >= 0.3 is 19.8 Å². The van der Waals surface area contributed by atoms with E-state index in [1.165, 1.54) is 44.9 Å². The molecule has 0 heterocycles. The molecule has 0 aromatic rings. The minimum Gasteiger partial charge on any atom is -0.480 e. The normalized spacial score (nSPS) is 14.6. The number of carbonyl (C=O) groups is 3. The number of nitrogens with one attached hydrogen (secondary N) is 1. The molecule has 4 N–H and O–H groups in total. The summed E-state index contributed by atoms with van der Waals surface area (Å²) in [7, 11) is -4.71. The van der Waals surface area contributed by atoms with Gasteiger partial charge in [-0.05, 0) is 32.1 Å². The number of unbranched alkanes of at least 4 members (excludes halogenated alkanes) is 12. The Hall–Kier alpha value is -1.78. The van der Waals surface area contributed by atoms with Crippen LogP contribution >= 0.6 is 7.82 Å². The third-order valence-electron chi connectivity index (χ3n) is 5.86. The highest BCUT2D eigenvalue weighted by Crippen LogP contribution is 2.43. The van der Waals surface area contributed by atoms with Crippen LogP contribution in [0.15, 0.2) is 12.2 Å². The summed E-state index contributed by atoms with van der Waals surface area (Å²) in [6.45, 7) is 1.44. The summed E-state index contributed by atoms with van der Waals surface area (Å²) in [5.74, 6) is -2.57. The van der Waals surface area contributed by atoms with Gasteiger partial charge in [0.15, 0.2) is 6.04 Å². The molecule has 39 heavy (non-hydrogen) atoms. The first-order valence-electron chi connectivity index (χ1n) is 14.2. The van der Waals surface area contributed by atoms with E-state index in [9.17, 15) is 34.1 Å². The molecule has 0 rings (SSSR count). The standard InChI is InChI=1S/C27H50NO10P/c1-3-4-5-6-7-8-9-10-11-12-13-14-15-16-17-18-19-26(31)28-25(27(32)33)22-38-39(34,35)37-21-24(30)20-36-23(2)29/h11-12,24-25,30H,3-10,13-22H2,1-2H3,(H,28,31)(H,32,33)(H,34,35)/b12-11-. The van der Waals surface area contributed by atoms with Gasteiger partial charge in [0.1, 0.15) is 12.7 Å². The van der Waals surface area contributed by atoms with Crippen molar-refractivity contribution in [3.05, 3.63) is 12.2 Å². The number of carboxylic acid groups (broad SMARTS) is 1. The van der Waals surface area contributed by atoms with E-state index in [0.717, 1.165) is 45.4 Å². The molecule has 0 bridgehead atoms. The average molecular weight is 580 g/mol. The Morgan fingerprint density at radius 1 is 0.821 bits per heavy atom. The molecule has 3 atom stereocenters. The highest BCUT2D eigenvalue weighted by atomic mass is 31.2. The van der Waals surface area contributed by atoms with Crippen LogP contribution in [0.3, 0.4) is 0 Å². The molecule has 12 heteroatoms. The zero-order valence-electron chi connectivity index (χ0n) is 23.7. The predicted molar refractivity (Wildman–Crippen MR) is 148 cm³/mol. The average Bonchev–Trinajstić information content (AvgIpc) is 2.88. The molecule has 1 amide bonds. The smallest absolute Gasteiger partial charge is 0.472 e. The van der Waals surface area contributed by atoms with Crippen molar-refractivity contribution in [2.24, 2.45) is 0 Å². The van der Waals surface area contributed by atoms with Crippen LogP contribution in [0.25, 0.3) is 0 Å². The molecular formula is C27H50NO10P. The monoisotopic (exact) mass is 579 g/mol. The number of aliphatic carboxylic acids is 1. The van der Waals surface area contributed by atoms with Crippen LogP contribution in [-0.4, -0.2) is 64.9 Å². The molecule has 11 nitrogen and oxygen atoms in total. The molecule has 0 spiro atoms. The van der Waals surface area contributed by atoms with Crippen LogP contribution in [0.4, 0.5) is 0 Å². The minimum absolute atomic E-state index is 0.137. The molecule has 0 aliphatic heterocycles. The van der Waals surface area contributed by atoms with E-state index in [1.54, 1.807) is 0 Å². The first-order chi connectivity index (χ1) is 18.6. The topological polar surface area (TPSA) is 169 Å². The van der Waals surface area contributed by atoms with E-state index >= 15 is 0 Å². The molecule has 228 valence electrons. The number of rotatable bonds is 26. The van der Waals surface area contributed by atoms with E-state index in [0.29, 0.717) is 6.42 Å². The summed E-state index contributed by atoms with van der Waals surface area (Å²) >= 11 is 0. The molecule has 0 aliphatic carbocycles. The third kappa shape index (κ3) is 25.0. The zero-order valence-corrected chi connectivity index (χ0v) is 24.6. The second-order valence-electron chi connectivity index (χ2n) is 9.66. The number of carboxylic acids is 1. The summed E-state index contributed by atoms with van der Waals surface area (Å²) in [6.07, 6.45) is 19.3. The van der Waals surface area contributed by atoms with Crippen LogP contribution in [0, 0.1) is 0 Å². The van der Waals surface area contributed by atoms with Crippen molar-refractivity contribution in [1.29, 1.82) is 0 Å². The van der Waals surface area contributed by atoms with Crippen molar-refractivity contribution in [1.82, 2.24) is 5.32 Å². The predicted octanol–water partition coefficient (Wildman–Crippen LogP) is 5.04. The molecule has 0 saturated heterocycles. The number of phosphoric ester groups is 1. The highest BCUT2D eigenvalue weighted by molar-refractivity contribution is 7.47. The lowest BCUT2D eigenvalue weighted by atomic mass is 10.1. The van der Waals surface area contributed by atoms with Crippen molar-refractivity contribution in [2.45, 2.75) is 122 Å². The van der Waals surface area contributed by atoms with Gasteiger partial charge in [-0.2, -0.15) is 0 Å². The number of carbonyl (C=O) groups excluding carboxylic acids is 2. The fourth-order valence-corrected chi connectivity index (χ4v) is 4.39. The van der Waals surface area contributed by atoms with Crippen molar-refractivity contribution >= 4 is 25.7 Å². The lowest BCUT2D eigenvalue weighted by Crippen LogP contribution is -2.43. The molecule has 0 fully saturated rings. The molecule has 0 aromatic heterocycles. The maximum atomic E-state index is 12.1. The molecule has 0 radical (unpaired) electrons. The number of allylic oxidation sites excluding steroid dienone is 2. The van der Waals surface area contributed by atoms with Crippen molar-refractivity contribution in [2.75, 3.05) is 19.8 Å². The lowest BCUT2D eigenvalue weighted by molar-refractivity contribution is -0.144. The molecular weight excluding hydrogens is 529 g/mol. The second kappa shape index (κ2) is 24.1. The number of hydrogen-bond acceptors (Lipinski definition) is 8. The number of phosphoric acid groups is 1. The van der Waals surface area contributed by atoms with Crippen LogP contribution in [0.1, 0.15) is 110 Å². The van der Waals surface area contributed by atoms with Gasteiger partial charge in [0.05, 0.1) is 13.2 Å². The van der Waals surface area contributed by atoms with Gasteiger partial charge in [-0.3, -0.25) is 18.6 Å².